The first kappa shape index (κ1) is 13.0. The maximum absolute atomic E-state index is 4.61. The number of aryl methyl sites for hydroxylation is 1. The van der Waals surface area contributed by atoms with Gasteiger partial charge < -0.3 is 14.8 Å². The predicted octanol–water partition coefficient (Wildman–Crippen LogP) is 2.67. The fourth-order valence-electron chi connectivity index (χ4n) is 3.02. The second-order valence-corrected chi connectivity index (χ2v) is 6.31. The number of likely N-dealkylation sites (tertiary alicyclic amines) is 1. The lowest BCUT2D eigenvalue weighted by Crippen LogP contribution is -2.31. The summed E-state index contributed by atoms with van der Waals surface area (Å²) in [5, 5.41) is 3.55. The molecule has 4 nitrogen and oxygen atoms in total. The molecule has 1 aliphatic carbocycles. The zero-order valence-electron chi connectivity index (χ0n) is 12.2. The van der Waals surface area contributed by atoms with Crippen LogP contribution in [0.1, 0.15) is 43.8 Å². The number of hydrogen-bond donors (Lipinski definition) is 1. The number of nitrogens with one attached hydrogen (secondary N) is 1. The highest BCUT2D eigenvalue weighted by molar-refractivity contribution is 5.30. The molecule has 2 heterocycles. The van der Waals surface area contributed by atoms with Crippen LogP contribution in [0.5, 0.6) is 0 Å². The molecule has 0 spiro atoms. The number of imidazole rings is 1. The van der Waals surface area contributed by atoms with E-state index in [1.54, 1.807) is 0 Å². The Morgan fingerprint density at radius 1 is 1.26 bits per heavy atom. The second kappa shape index (κ2) is 5.53. The van der Waals surface area contributed by atoms with Crippen molar-refractivity contribution in [3.63, 3.8) is 0 Å². The van der Waals surface area contributed by atoms with E-state index in [1.807, 2.05) is 0 Å². The summed E-state index contributed by atoms with van der Waals surface area (Å²) in [7, 11) is 2.23. The molecule has 0 aromatic carbocycles. The molecule has 0 amide bonds. The maximum Gasteiger partial charge on any atom is 0.203 e. The van der Waals surface area contributed by atoms with E-state index in [-0.39, 0.29) is 0 Å². The van der Waals surface area contributed by atoms with Gasteiger partial charge in [0.05, 0.1) is 5.69 Å². The highest BCUT2D eigenvalue weighted by atomic mass is 15.2. The molecule has 1 N–H and O–H groups in total. The van der Waals surface area contributed by atoms with Crippen LogP contribution in [0, 0.1) is 12.8 Å². The van der Waals surface area contributed by atoms with E-state index in [4.69, 9.17) is 0 Å². The van der Waals surface area contributed by atoms with Crippen LogP contribution in [0.15, 0.2) is 6.20 Å². The van der Waals surface area contributed by atoms with Crippen molar-refractivity contribution in [2.75, 3.05) is 32.0 Å². The largest absolute Gasteiger partial charge is 0.356 e. The molecular weight excluding hydrogens is 236 g/mol. The SMILES string of the molecule is Cc1cn(C2CC2)c(NCCC2CCN(C)CC2)n1. The molecule has 19 heavy (non-hydrogen) atoms. The molecule has 1 saturated heterocycles. The third-order valence-electron chi connectivity index (χ3n) is 4.47. The minimum absolute atomic E-state index is 0.715. The average Bonchev–Trinajstić information content (AvgIpc) is 3.16. The van der Waals surface area contributed by atoms with E-state index in [0.29, 0.717) is 6.04 Å². The fourth-order valence-corrected chi connectivity index (χ4v) is 3.02. The Morgan fingerprint density at radius 3 is 2.68 bits per heavy atom. The highest BCUT2D eigenvalue weighted by Gasteiger charge is 2.26. The minimum atomic E-state index is 0.715. The van der Waals surface area contributed by atoms with E-state index in [0.717, 1.165) is 24.1 Å². The number of nitrogens with zero attached hydrogens (tertiary/aromatic N) is 3. The molecule has 1 saturated carbocycles. The first-order valence-corrected chi connectivity index (χ1v) is 7.70. The molecule has 3 rings (SSSR count). The van der Waals surface area contributed by atoms with Gasteiger partial charge in [-0.25, -0.2) is 4.98 Å². The highest BCUT2D eigenvalue weighted by Crippen LogP contribution is 2.37. The topological polar surface area (TPSA) is 33.1 Å². The Morgan fingerprint density at radius 2 is 2.00 bits per heavy atom. The quantitative estimate of drug-likeness (QED) is 0.885. The number of rotatable bonds is 5. The van der Waals surface area contributed by atoms with Gasteiger partial charge in [0.25, 0.3) is 0 Å². The van der Waals surface area contributed by atoms with Crippen molar-refractivity contribution in [1.29, 1.82) is 0 Å². The van der Waals surface area contributed by atoms with E-state index in [1.165, 1.54) is 45.2 Å². The van der Waals surface area contributed by atoms with E-state index < -0.39 is 0 Å². The zero-order valence-corrected chi connectivity index (χ0v) is 12.2. The van der Waals surface area contributed by atoms with Gasteiger partial charge in [-0.2, -0.15) is 0 Å². The molecular formula is C15H26N4. The average molecular weight is 262 g/mol. The van der Waals surface area contributed by atoms with E-state index in [2.05, 4.69) is 39.9 Å². The lowest BCUT2D eigenvalue weighted by molar-refractivity contribution is 0.215. The van der Waals surface area contributed by atoms with Crippen LogP contribution in [0.2, 0.25) is 0 Å². The van der Waals surface area contributed by atoms with Crippen molar-refractivity contribution < 1.29 is 0 Å². The Kier molecular flexibility index (Phi) is 3.78. The van der Waals surface area contributed by atoms with Crippen LogP contribution in [0.4, 0.5) is 5.95 Å². The summed E-state index contributed by atoms with van der Waals surface area (Å²) in [6.45, 7) is 5.68. The number of hydrogen-bond acceptors (Lipinski definition) is 3. The van der Waals surface area contributed by atoms with Crippen molar-refractivity contribution in [2.24, 2.45) is 5.92 Å². The first-order chi connectivity index (χ1) is 9.22. The predicted molar refractivity (Wildman–Crippen MR) is 78.6 cm³/mol. The Labute approximate surface area is 116 Å². The molecule has 1 aliphatic heterocycles. The minimum Gasteiger partial charge on any atom is -0.356 e. The number of piperidine rings is 1. The van der Waals surface area contributed by atoms with Crippen LogP contribution in [-0.2, 0) is 0 Å². The molecule has 1 aromatic heterocycles. The molecule has 0 atom stereocenters. The van der Waals surface area contributed by atoms with Crippen molar-refractivity contribution in [2.45, 2.75) is 45.1 Å². The number of aromatic nitrogens is 2. The molecule has 2 aliphatic rings. The van der Waals surface area contributed by atoms with Gasteiger partial charge in [-0.1, -0.05) is 0 Å². The Bertz CT molecular complexity index is 414. The van der Waals surface area contributed by atoms with Crippen LogP contribution in [0.3, 0.4) is 0 Å². The lowest BCUT2D eigenvalue weighted by atomic mass is 9.94. The van der Waals surface area contributed by atoms with Crippen molar-refractivity contribution in [3.8, 4) is 0 Å². The van der Waals surface area contributed by atoms with Gasteiger partial charge in [-0.3, -0.25) is 0 Å². The van der Waals surface area contributed by atoms with Gasteiger partial charge in [0, 0.05) is 18.8 Å². The van der Waals surface area contributed by atoms with Gasteiger partial charge in [-0.15, -0.1) is 0 Å². The Hall–Kier alpha value is -1.03. The fraction of sp³-hybridized carbons (Fsp3) is 0.800. The molecule has 2 fully saturated rings. The third kappa shape index (κ3) is 3.30. The van der Waals surface area contributed by atoms with Gasteiger partial charge in [0.2, 0.25) is 5.95 Å². The second-order valence-electron chi connectivity index (χ2n) is 6.31. The van der Waals surface area contributed by atoms with Crippen molar-refractivity contribution in [1.82, 2.24) is 14.5 Å². The van der Waals surface area contributed by atoms with E-state index >= 15 is 0 Å². The van der Waals surface area contributed by atoms with E-state index in [9.17, 15) is 0 Å². The van der Waals surface area contributed by atoms with Crippen LogP contribution >= 0.6 is 0 Å². The molecule has 1 aromatic rings. The first-order valence-electron chi connectivity index (χ1n) is 7.70. The lowest BCUT2D eigenvalue weighted by Gasteiger charge is -2.28. The monoisotopic (exact) mass is 262 g/mol. The molecule has 0 radical (unpaired) electrons. The summed E-state index contributed by atoms with van der Waals surface area (Å²) < 4.78 is 2.34. The molecule has 4 heteroatoms. The van der Waals surface area contributed by atoms with Gasteiger partial charge >= 0.3 is 0 Å². The third-order valence-corrected chi connectivity index (χ3v) is 4.47. The van der Waals surface area contributed by atoms with Gasteiger partial charge in [0.1, 0.15) is 0 Å². The van der Waals surface area contributed by atoms with Gasteiger partial charge in [-0.05, 0) is 65.1 Å². The van der Waals surface area contributed by atoms with Crippen molar-refractivity contribution >= 4 is 5.95 Å². The molecule has 106 valence electrons. The summed E-state index contributed by atoms with van der Waals surface area (Å²) in [5.41, 5.74) is 1.13. The summed E-state index contributed by atoms with van der Waals surface area (Å²) in [6.07, 6.45) is 8.82. The smallest absolute Gasteiger partial charge is 0.203 e. The standard InChI is InChI=1S/C15H26N4/c1-12-11-19(14-3-4-14)15(17-12)16-8-5-13-6-9-18(2)10-7-13/h11,13-14H,3-10H2,1-2H3,(H,16,17). The molecule has 0 bridgehead atoms. The van der Waals surface area contributed by atoms with Crippen LogP contribution in [0.25, 0.3) is 0 Å². The van der Waals surface area contributed by atoms with Crippen LogP contribution in [-0.4, -0.2) is 41.1 Å². The summed E-state index contributed by atoms with van der Waals surface area (Å²) >= 11 is 0. The Balaban J connectivity index is 1.47. The maximum atomic E-state index is 4.61. The van der Waals surface area contributed by atoms with Gasteiger partial charge in [0.15, 0.2) is 0 Å². The zero-order chi connectivity index (χ0) is 13.2. The normalized spacial score (nSPS) is 21.8. The summed E-state index contributed by atoms with van der Waals surface area (Å²) in [5.74, 6) is 1.99. The number of anilines is 1. The molecule has 0 unspecified atom stereocenters. The van der Waals surface area contributed by atoms with Crippen LogP contribution < -0.4 is 5.32 Å². The summed E-state index contributed by atoms with van der Waals surface area (Å²) in [4.78, 5) is 7.05. The van der Waals surface area contributed by atoms with Crippen molar-refractivity contribution in [3.05, 3.63) is 11.9 Å². The summed E-state index contributed by atoms with van der Waals surface area (Å²) in [6, 6.07) is 0.715.